The summed E-state index contributed by atoms with van der Waals surface area (Å²) in [5, 5.41) is 2.81. The van der Waals surface area contributed by atoms with E-state index < -0.39 is 0 Å². The number of nitrogens with one attached hydrogen (secondary N) is 1. The van der Waals surface area contributed by atoms with Crippen LogP contribution < -0.4 is 5.32 Å². The molecule has 23 heavy (non-hydrogen) atoms. The van der Waals surface area contributed by atoms with Gasteiger partial charge in [-0.05, 0) is 35.2 Å². The van der Waals surface area contributed by atoms with Crippen molar-refractivity contribution in [1.82, 2.24) is 4.98 Å². The lowest BCUT2D eigenvalue weighted by atomic mass is 10.0. The molecule has 1 amide bonds. The first-order valence-electron chi connectivity index (χ1n) is 7.57. The van der Waals surface area contributed by atoms with Crippen LogP contribution in [0.1, 0.15) is 11.1 Å². The van der Waals surface area contributed by atoms with Crippen LogP contribution in [0.2, 0.25) is 0 Å². The Morgan fingerprint density at radius 1 is 0.913 bits per heavy atom. The molecule has 0 aliphatic rings. The topological polar surface area (TPSA) is 42.0 Å². The van der Waals surface area contributed by atoms with Crippen molar-refractivity contribution in [3.05, 3.63) is 84.1 Å². The minimum Gasteiger partial charge on any atom is -0.310 e. The van der Waals surface area contributed by atoms with Crippen molar-refractivity contribution in [3.8, 4) is 11.1 Å². The molecule has 3 nitrogen and oxygen atoms in total. The second-order valence-electron chi connectivity index (χ2n) is 5.51. The van der Waals surface area contributed by atoms with E-state index in [0.717, 1.165) is 16.7 Å². The summed E-state index contributed by atoms with van der Waals surface area (Å²) >= 11 is 0. The van der Waals surface area contributed by atoms with Crippen LogP contribution >= 0.6 is 0 Å². The van der Waals surface area contributed by atoms with E-state index in [1.807, 2.05) is 61.5 Å². The Kier molecular flexibility index (Phi) is 4.48. The number of nitrogens with zero attached hydrogens (tertiary/aromatic N) is 1. The van der Waals surface area contributed by atoms with Gasteiger partial charge in [0.05, 0.1) is 6.42 Å². The summed E-state index contributed by atoms with van der Waals surface area (Å²) in [4.78, 5) is 16.3. The van der Waals surface area contributed by atoms with Crippen LogP contribution in [0.4, 0.5) is 5.82 Å². The van der Waals surface area contributed by atoms with Crippen molar-refractivity contribution in [1.29, 1.82) is 0 Å². The fraction of sp³-hybridized carbons (Fsp3) is 0.100. The van der Waals surface area contributed by atoms with Gasteiger partial charge in [0, 0.05) is 6.20 Å². The van der Waals surface area contributed by atoms with Crippen LogP contribution in [-0.4, -0.2) is 10.9 Å². The van der Waals surface area contributed by atoms with E-state index in [0.29, 0.717) is 12.2 Å². The van der Waals surface area contributed by atoms with Gasteiger partial charge in [-0.25, -0.2) is 4.98 Å². The van der Waals surface area contributed by atoms with Crippen LogP contribution in [0.25, 0.3) is 11.1 Å². The van der Waals surface area contributed by atoms with Gasteiger partial charge in [0.2, 0.25) is 5.91 Å². The Bertz CT molecular complexity index is 778. The maximum Gasteiger partial charge on any atom is 0.229 e. The SMILES string of the molecule is Cc1ccc(NC(=O)Cc2ccc(-c3ccccc3)cc2)nc1. The summed E-state index contributed by atoms with van der Waals surface area (Å²) in [6.07, 6.45) is 2.08. The molecule has 0 bridgehead atoms. The third-order valence-electron chi connectivity index (χ3n) is 3.60. The third-order valence-corrected chi connectivity index (χ3v) is 3.60. The minimum atomic E-state index is -0.0613. The van der Waals surface area contributed by atoms with Crippen molar-refractivity contribution in [3.63, 3.8) is 0 Å². The number of hydrogen-bond donors (Lipinski definition) is 1. The van der Waals surface area contributed by atoms with Gasteiger partial charge in [0.1, 0.15) is 5.82 Å². The second kappa shape index (κ2) is 6.88. The molecule has 3 heteroatoms. The predicted molar refractivity (Wildman–Crippen MR) is 93.2 cm³/mol. The molecule has 114 valence electrons. The monoisotopic (exact) mass is 302 g/mol. The summed E-state index contributed by atoms with van der Waals surface area (Å²) in [6.45, 7) is 1.97. The lowest BCUT2D eigenvalue weighted by Gasteiger charge is -2.06. The standard InChI is InChI=1S/C20H18N2O/c1-15-7-12-19(21-14-15)22-20(23)13-16-8-10-18(11-9-16)17-5-3-2-4-6-17/h2-12,14H,13H2,1H3,(H,21,22,23). The van der Waals surface area contributed by atoms with Crippen LogP contribution in [0.3, 0.4) is 0 Å². The summed E-state index contributed by atoms with van der Waals surface area (Å²) in [5.41, 5.74) is 4.37. The molecular weight excluding hydrogens is 284 g/mol. The lowest BCUT2D eigenvalue weighted by Crippen LogP contribution is -2.15. The number of benzene rings is 2. The average molecular weight is 302 g/mol. The zero-order valence-corrected chi connectivity index (χ0v) is 13.0. The maximum absolute atomic E-state index is 12.1. The highest BCUT2D eigenvalue weighted by atomic mass is 16.1. The van der Waals surface area contributed by atoms with Gasteiger partial charge < -0.3 is 5.32 Å². The molecule has 2 aromatic carbocycles. The molecule has 0 radical (unpaired) electrons. The molecular formula is C20H18N2O. The first-order valence-corrected chi connectivity index (χ1v) is 7.57. The Morgan fingerprint density at radius 2 is 1.61 bits per heavy atom. The fourth-order valence-corrected chi connectivity index (χ4v) is 2.36. The van der Waals surface area contributed by atoms with E-state index in [1.165, 1.54) is 5.56 Å². The lowest BCUT2D eigenvalue weighted by molar-refractivity contribution is -0.115. The van der Waals surface area contributed by atoms with E-state index in [4.69, 9.17) is 0 Å². The Balaban J connectivity index is 1.64. The Hall–Kier alpha value is -2.94. The van der Waals surface area contributed by atoms with E-state index in [9.17, 15) is 4.79 Å². The quantitative estimate of drug-likeness (QED) is 0.783. The number of carbonyl (C=O) groups excluding carboxylic acids is 1. The molecule has 1 heterocycles. The Morgan fingerprint density at radius 3 is 2.26 bits per heavy atom. The second-order valence-corrected chi connectivity index (χ2v) is 5.51. The average Bonchev–Trinajstić information content (AvgIpc) is 2.58. The summed E-state index contributed by atoms with van der Waals surface area (Å²) in [7, 11) is 0. The number of aryl methyl sites for hydroxylation is 1. The maximum atomic E-state index is 12.1. The molecule has 0 saturated heterocycles. The number of aromatic nitrogens is 1. The summed E-state index contributed by atoms with van der Waals surface area (Å²) in [6, 6.07) is 22.0. The van der Waals surface area contributed by atoms with Crippen molar-refractivity contribution in [2.24, 2.45) is 0 Å². The first kappa shape index (κ1) is 15.0. The molecule has 1 aromatic heterocycles. The normalized spacial score (nSPS) is 10.3. The highest BCUT2D eigenvalue weighted by molar-refractivity contribution is 5.91. The van der Waals surface area contributed by atoms with Crippen molar-refractivity contribution >= 4 is 11.7 Å². The highest BCUT2D eigenvalue weighted by Crippen LogP contribution is 2.19. The van der Waals surface area contributed by atoms with E-state index in [-0.39, 0.29) is 5.91 Å². The number of carbonyl (C=O) groups is 1. The van der Waals surface area contributed by atoms with Gasteiger partial charge in [0.15, 0.2) is 0 Å². The van der Waals surface area contributed by atoms with Gasteiger partial charge in [-0.15, -0.1) is 0 Å². The number of amides is 1. The van der Waals surface area contributed by atoms with Gasteiger partial charge in [-0.1, -0.05) is 60.7 Å². The third kappa shape index (κ3) is 4.04. The van der Waals surface area contributed by atoms with Crippen LogP contribution in [0.5, 0.6) is 0 Å². The molecule has 1 N–H and O–H groups in total. The largest absolute Gasteiger partial charge is 0.310 e. The van der Waals surface area contributed by atoms with Gasteiger partial charge >= 0.3 is 0 Å². The van der Waals surface area contributed by atoms with Crippen molar-refractivity contribution in [2.75, 3.05) is 5.32 Å². The zero-order chi connectivity index (χ0) is 16.1. The summed E-state index contributed by atoms with van der Waals surface area (Å²) in [5.74, 6) is 0.523. The smallest absolute Gasteiger partial charge is 0.229 e. The molecule has 3 aromatic rings. The van der Waals surface area contributed by atoms with Gasteiger partial charge in [-0.2, -0.15) is 0 Å². The van der Waals surface area contributed by atoms with Crippen LogP contribution in [-0.2, 0) is 11.2 Å². The molecule has 0 spiro atoms. The van der Waals surface area contributed by atoms with Crippen molar-refractivity contribution < 1.29 is 4.79 Å². The number of pyridine rings is 1. The number of rotatable bonds is 4. The number of anilines is 1. The first-order chi connectivity index (χ1) is 11.2. The molecule has 0 aliphatic carbocycles. The van der Waals surface area contributed by atoms with Crippen LogP contribution in [0, 0.1) is 6.92 Å². The van der Waals surface area contributed by atoms with Crippen LogP contribution in [0.15, 0.2) is 72.9 Å². The highest BCUT2D eigenvalue weighted by Gasteiger charge is 2.05. The molecule has 0 saturated carbocycles. The van der Waals surface area contributed by atoms with E-state index >= 15 is 0 Å². The van der Waals surface area contributed by atoms with Gasteiger partial charge in [-0.3, -0.25) is 4.79 Å². The molecule has 0 fully saturated rings. The predicted octanol–water partition coefficient (Wildman–Crippen LogP) is 4.24. The molecule has 0 atom stereocenters. The summed E-state index contributed by atoms with van der Waals surface area (Å²) < 4.78 is 0. The molecule has 3 rings (SSSR count). The van der Waals surface area contributed by atoms with Crippen molar-refractivity contribution in [2.45, 2.75) is 13.3 Å². The molecule has 0 unspecified atom stereocenters. The molecule has 0 aliphatic heterocycles. The minimum absolute atomic E-state index is 0.0613. The Labute approximate surface area is 136 Å². The number of hydrogen-bond acceptors (Lipinski definition) is 2. The van der Waals surface area contributed by atoms with Gasteiger partial charge in [0.25, 0.3) is 0 Å². The van der Waals surface area contributed by atoms with E-state index in [1.54, 1.807) is 6.20 Å². The van der Waals surface area contributed by atoms with E-state index in [2.05, 4.69) is 22.4 Å². The fourth-order valence-electron chi connectivity index (χ4n) is 2.36. The zero-order valence-electron chi connectivity index (χ0n) is 13.0.